The molecule has 2 aliphatic carbocycles. The molecule has 0 saturated carbocycles. The van der Waals surface area contributed by atoms with Crippen LogP contribution in [0, 0.1) is 40.8 Å². The van der Waals surface area contributed by atoms with Gasteiger partial charge in [0, 0.05) is 0 Å². The van der Waals surface area contributed by atoms with Crippen LogP contribution in [0.25, 0.3) is 22.3 Å². The van der Waals surface area contributed by atoms with Crippen LogP contribution in [0.15, 0.2) is 72.8 Å². The first-order chi connectivity index (χ1) is 14.7. The van der Waals surface area contributed by atoms with E-state index in [9.17, 15) is 0 Å². The molecule has 6 rings (SSSR count). The number of rotatable bonds is 0. The molecule has 0 atom stereocenters. The molecule has 160 valence electrons. The summed E-state index contributed by atoms with van der Waals surface area (Å²) in [6.45, 7) is 7.35. The predicted molar refractivity (Wildman–Crippen MR) is 135 cm³/mol. The zero-order valence-corrected chi connectivity index (χ0v) is 22.8. The molecule has 0 aromatic heterocycles. The molecule has 4 aromatic rings. The van der Waals surface area contributed by atoms with Crippen molar-refractivity contribution in [2.75, 3.05) is 0 Å². The van der Waals surface area contributed by atoms with Gasteiger partial charge in [-0.05, 0) is 35.1 Å². The van der Waals surface area contributed by atoms with Gasteiger partial charge in [-0.2, -0.15) is 47.5 Å². The van der Waals surface area contributed by atoms with Crippen molar-refractivity contribution in [1.29, 1.82) is 0 Å². The number of benzene rings is 4. The summed E-state index contributed by atoms with van der Waals surface area (Å²) < 4.78 is 0. The van der Waals surface area contributed by atoms with Gasteiger partial charge < -0.3 is 14.9 Å². The first kappa shape index (κ1) is 26.2. The molecule has 2 heteroatoms. The molecule has 32 heavy (non-hydrogen) atoms. The summed E-state index contributed by atoms with van der Waals surface area (Å²) in [5.74, 6) is 0. The number of aryl methyl sites for hydroxylation is 2. The summed E-state index contributed by atoms with van der Waals surface area (Å²) in [7, 11) is 0. The summed E-state index contributed by atoms with van der Waals surface area (Å²) in [6.07, 6.45) is 2.16. The standard InChI is InChI=1S/2C14H11.2CH3.Si.Zr/c2*1-10-5-4-8-13-12-7-3-2-6-11(12)9-14(10)13;;;;/h2*2-4,6-8H,9H2,1H3;2*1H3;;/q4*-1;;. The second-order valence-electron chi connectivity index (χ2n) is 7.66. The SMILES string of the molecule is Cc1[c-]ccc2c1Cc1ccccc1-2.Cc1[c-]ccc2c1Cc1ccccc1-2.[CH3-].[CH3-].[Si]=[Zr]. The summed E-state index contributed by atoms with van der Waals surface area (Å²) in [5.41, 5.74) is 14.0. The quantitative estimate of drug-likeness (QED) is 0.150. The van der Waals surface area contributed by atoms with E-state index >= 15 is 0 Å². The molecule has 0 bridgehead atoms. The van der Waals surface area contributed by atoms with E-state index in [4.69, 9.17) is 0 Å². The third-order valence-electron chi connectivity index (χ3n) is 6.00. The molecule has 4 aromatic carbocycles. The van der Waals surface area contributed by atoms with Gasteiger partial charge in [0.25, 0.3) is 0 Å². The number of hydrogen-bond donors (Lipinski definition) is 0. The van der Waals surface area contributed by atoms with Crippen molar-refractivity contribution in [1.82, 2.24) is 0 Å². The van der Waals surface area contributed by atoms with Crippen molar-refractivity contribution in [2.45, 2.75) is 26.7 Å². The topological polar surface area (TPSA) is 0 Å². The molecule has 0 N–H and O–H groups in total. The average Bonchev–Trinajstić information content (AvgIpc) is 3.36. The van der Waals surface area contributed by atoms with Gasteiger partial charge in [0.1, 0.15) is 0 Å². The third-order valence-corrected chi connectivity index (χ3v) is 6.00. The predicted octanol–water partition coefficient (Wildman–Crippen LogP) is 7.25. The third kappa shape index (κ3) is 4.98. The number of hydrogen-bond acceptors (Lipinski definition) is 0. The Balaban J connectivity index is 0.000000199. The van der Waals surface area contributed by atoms with Crippen molar-refractivity contribution in [3.63, 3.8) is 0 Å². The molecule has 0 aliphatic heterocycles. The normalized spacial score (nSPS) is 10.9. The molecule has 0 amide bonds. The fraction of sp³-hybridized carbons (Fsp3) is 0.133. The second-order valence-corrected chi connectivity index (χ2v) is 7.66. The van der Waals surface area contributed by atoms with Gasteiger partial charge in [-0.3, -0.25) is 0 Å². The van der Waals surface area contributed by atoms with E-state index in [1.807, 2.05) is 12.1 Å². The molecule has 0 unspecified atom stereocenters. The average molecular weight is 508 g/mol. The minimum absolute atomic E-state index is 0. The molecular formula is C30H28SiZr-4. The van der Waals surface area contributed by atoms with Gasteiger partial charge in [-0.1, -0.05) is 62.4 Å². The van der Waals surface area contributed by atoms with E-state index in [-0.39, 0.29) is 14.9 Å². The summed E-state index contributed by atoms with van der Waals surface area (Å²) in [5, 5.41) is 0. The van der Waals surface area contributed by atoms with Crippen LogP contribution in [0.1, 0.15) is 33.4 Å². The van der Waals surface area contributed by atoms with Crippen molar-refractivity contribution >= 4 is 6.88 Å². The molecule has 0 nitrogen and oxygen atoms in total. The summed E-state index contributed by atoms with van der Waals surface area (Å²) in [4.78, 5) is 0. The van der Waals surface area contributed by atoms with Crippen LogP contribution in [0.2, 0.25) is 0 Å². The van der Waals surface area contributed by atoms with E-state index < -0.39 is 0 Å². The summed E-state index contributed by atoms with van der Waals surface area (Å²) >= 11 is 1.36. The van der Waals surface area contributed by atoms with Gasteiger partial charge in [-0.25, -0.2) is 0 Å². The maximum atomic E-state index is 3.27. The van der Waals surface area contributed by atoms with Crippen LogP contribution in [0.5, 0.6) is 0 Å². The van der Waals surface area contributed by atoms with Gasteiger partial charge in [0.05, 0.1) is 0 Å². The van der Waals surface area contributed by atoms with Crippen molar-refractivity contribution in [3.05, 3.63) is 133 Å². The zero-order chi connectivity index (χ0) is 21.1. The Kier molecular flexibility index (Phi) is 9.62. The molecule has 0 saturated heterocycles. The van der Waals surface area contributed by atoms with E-state index in [2.05, 4.69) is 93.5 Å². The van der Waals surface area contributed by atoms with Crippen LogP contribution >= 0.6 is 0 Å². The Hall–Kier alpha value is -2.02. The van der Waals surface area contributed by atoms with Gasteiger partial charge in [-0.15, -0.1) is 22.3 Å². The molecule has 0 heterocycles. The Bertz CT molecular complexity index is 1110. The fourth-order valence-corrected chi connectivity index (χ4v) is 4.50. The van der Waals surface area contributed by atoms with Crippen LogP contribution in [0.3, 0.4) is 0 Å². The zero-order valence-electron chi connectivity index (χ0n) is 19.3. The van der Waals surface area contributed by atoms with Crippen LogP contribution in [0.4, 0.5) is 0 Å². The molecule has 0 fully saturated rings. The van der Waals surface area contributed by atoms with E-state index in [0.29, 0.717) is 0 Å². The molecular weight excluding hydrogens is 480 g/mol. The monoisotopic (exact) mass is 506 g/mol. The first-order valence-corrected chi connectivity index (χ1v) is 14.3. The minimum atomic E-state index is 0. The van der Waals surface area contributed by atoms with Gasteiger partial charge in [0.15, 0.2) is 0 Å². The van der Waals surface area contributed by atoms with Gasteiger partial charge in [0.2, 0.25) is 0 Å². The fourth-order valence-electron chi connectivity index (χ4n) is 4.50. The van der Waals surface area contributed by atoms with Crippen molar-refractivity contribution in [2.24, 2.45) is 0 Å². The van der Waals surface area contributed by atoms with Crippen LogP contribution in [-0.2, 0) is 36.2 Å². The van der Waals surface area contributed by atoms with Gasteiger partial charge >= 0.3 is 30.2 Å². The Labute approximate surface area is 211 Å². The Morgan fingerprint density at radius 3 is 1.38 bits per heavy atom. The van der Waals surface area contributed by atoms with Crippen molar-refractivity contribution < 1.29 is 23.3 Å². The maximum absolute atomic E-state index is 3.27. The molecule has 2 radical (unpaired) electrons. The first-order valence-electron chi connectivity index (χ1n) is 10.1. The van der Waals surface area contributed by atoms with E-state index in [1.165, 1.54) is 79.0 Å². The number of fused-ring (bicyclic) bond motifs is 6. The van der Waals surface area contributed by atoms with E-state index in [0.717, 1.165) is 12.8 Å². The summed E-state index contributed by atoms with van der Waals surface area (Å²) in [6, 6.07) is 32.2. The second kappa shape index (κ2) is 11.7. The Morgan fingerprint density at radius 2 is 0.969 bits per heavy atom. The van der Waals surface area contributed by atoms with Crippen LogP contribution in [-0.4, -0.2) is 6.88 Å². The van der Waals surface area contributed by atoms with Crippen LogP contribution < -0.4 is 0 Å². The molecule has 2 aliphatic rings. The molecule has 0 spiro atoms. The Morgan fingerprint density at radius 1 is 0.594 bits per heavy atom. The van der Waals surface area contributed by atoms with E-state index in [1.54, 1.807) is 0 Å². The van der Waals surface area contributed by atoms with Crippen molar-refractivity contribution in [3.8, 4) is 22.3 Å².